The largest absolute Gasteiger partial charge is 0.377 e. The molecule has 0 bridgehead atoms. The maximum atomic E-state index is 12.6. The number of carbonyl (C=O) groups is 2. The number of nitrogens with zero attached hydrogens (tertiary/aromatic N) is 1. The van der Waals surface area contributed by atoms with Crippen molar-refractivity contribution in [1.29, 1.82) is 0 Å². The maximum Gasteiger partial charge on any atom is 0.199 e. The molecular formula is C18H15NO2. The van der Waals surface area contributed by atoms with Crippen LogP contribution in [0.5, 0.6) is 0 Å². The molecule has 0 unspecified atom stereocenters. The van der Waals surface area contributed by atoms with E-state index in [4.69, 9.17) is 0 Å². The fraction of sp³-hybridized carbons (Fsp3) is 0.111. The molecule has 0 heterocycles. The molecule has 2 aromatic carbocycles. The van der Waals surface area contributed by atoms with Crippen molar-refractivity contribution in [2.45, 2.75) is 0 Å². The van der Waals surface area contributed by atoms with Crippen molar-refractivity contribution in [2.24, 2.45) is 0 Å². The Morgan fingerprint density at radius 2 is 1.57 bits per heavy atom. The van der Waals surface area contributed by atoms with Crippen molar-refractivity contribution in [1.82, 2.24) is 0 Å². The lowest BCUT2D eigenvalue weighted by molar-refractivity contribution is 0.0990. The number of anilines is 1. The van der Waals surface area contributed by atoms with Crippen LogP contribution in [0.1, 0.15) is 26.3 Å². The fourth-order valence-electron chi connectivity index (χ4n) is 2.57. The zero-order valence-corrected chi connectivity index (χ0v) is 12.0. The Balaban J connectivity index is 2.14. The summed E-state index contributed by atoms with van der Waals surface area (Å²) in [5, 5.41) is 0. The predicted molar refractivity (Wildman–Crippen MR) is 83.8 cm³/mol. The van der Waals surface area contributed by atoms with Crippen LogP contribution in [0.3, 0.4) is 0 Å². The first-order valence-electron chi connectivity index (χ1n) is 6.76. The van der Waals surface area contributed by atoms with Gasteiger partial charge in [0.1, 0.15) is 0 Å². The van der Waals surface area contributed by atoms with Gasteiger partial charge in [-0.15, -0.1) is 0 Å². The van der Waals surface area contributed by atoms with E-state index in [0.717, 1.165) is 11.3 Å². The van der Waals surface area contributed by atoms with Crippen LogP contribution in [0.2, 0.25) is 0 Å². The van der Waals surface area contributed by atoms with Crippen molar-refractivity contribution in [3.05, 3.63) is 70.8 Å². The molecule has 0 aliphatic heterocycles. The number of hydrogen-bond acceptors (Lipinski definition) is 3. The third-order valence-electron chi connectivity index (χ3n) is 3.60. The Morgan fingerprint density at radius 1 is 0.857 bits per heavy atom. The summed E-state index contributed by atoms with van der Waals surface area (Å²) in [5.74, 6) is -0.384. The van der Waals surface area contributed by atoms with Gasteiger partial charge in [-0.1, -0.05) is 42.5 Å². The Labute approximate surface area is 123 Å². The van der Waals surface area contributed by atoms with Crippen LogP contribution in [0.15, 0.2) is 54.1 Å². The van der Waals surface area contributed by atoms with Gasteiger partial charge < -0.3 is 4.90 Å². The summed E-state index contributed by atoms with van der Waals surface area (Å²) >= 11 is 0. The number of Topliss-reactive ketones (excluding diaryl/α,β-unsaturated/α-hetero) is 2. The second kappa shape index (κ2) is 5.02. The first kappa shape index (κ1) is 13.3. The lowest BCUT2D eigenvalue weighted by Crippen LogP contribution is -2.13. The summed E-state index contributed by atoms with van der Waals surface area (Å²) in [6.07, 6.45) is 1.67. The molecule has 3 rings (SSSR count). The summed E-state index contributed by atoms with van der Waals surface area (Å²) in [5.41, 5.74) is 2.88. The van der Waals surface area contributed by atoms with Crippen LogP contribution in [-0.2, 0) is 0 Å². The quantitative estimate of drug-likeness (QED) is 0.625. The third-order valence-corrected chi connectivity index (χ3v) is 3.60. The lowest BCUT2D eigenvalue weighted by Gasteiger charge is -2.15. The molecule has 0 radical (unpaired) electrons. The molecule has 0 aromatic heterocycles. The number of allylic oxidation sites excluding steroid dienone is 1. The fourth-order valence-corrected chi connectivity index (χ4v) is 2.57. The summed E-state index contributed by atoms with van der Waals surface area (Å²) in [6.45, 7) is 0. The minimum absolute atomic E-state index is 0.192. The number of benzene rings is 2. The molecule has 1 aliphatic rings. The van der Waals surface area contributed by atoms with E-state index in [2.05, 4.69) is 0 Å². The molecular weight excluding hydrogens is 262 g/mol. The van der Waals surface area contributed by atoms with Crippen LogP contribution in [0, 0.1) is 0 Å². The van der Waals surface area contributed by atoms with E-state index < -0.39 is 0 Å². The number of carbonyl (C=O) groups excluding carboxylic acids is 2. The highest BCUT2D eigenvalue weighted by atomic mass is 16.2. The summed E-state index contributed by atoms with van der Waals surface area (Å²) in [4.78, 5) is 27.0. The van der Waals surface area contributed by atoms with E-state index >= 15 is 0 Å². The first-order chi connectivity index (χ1) is 10.1. The minimum atomic E-state index is -0.192. The van der Waals surface area contributed by atoms with Gasteiger partial charge in [0.15, 0.2) is 11.6 Å². The van der Waals surface area contributed by atoms with Crippen molar-refractivity contribution in [2.75, 3.05) is 19.0 Å². The average Bonchev–Trinajstić information content (AvgIpc) is 2.73. The molecule has 0 N–H and O–H groups in total. The second-order valence-electron chi connectivity index (χ2n) is 5.22. The van der Waals surface area contributed by atoms with Crippen LogP contribution < -0.4 is 4.90 Å². The minimum Gasteiger partial charge on any atom is -0.377 e. The molecule has 1 aliphatic carbocycles. The third kappa shape index (κ3) is 2.17. The molecule has 3 nitrogen and oxygen atoms in total. The van der Waals surface area contributed by atoms with Gasteiger partial charge in [0.05, 0.1) is 11.1 Å². The molecule has 0 saturated carbocycles. The van der Waals surface area contributed by atoms with E-state index in [9.17, 15) is 9.59 Å². The number of rotatable bonds is 2. The van der Waals surface area contributed by atoms with Crippen LogP contribution in [-0.4, -0.2) is 25.7 Å². The Bertz CT molecular complexity index is 758. The van der Waals surface area contributed by atoms with Crippen LogP contribution in [0.25, 0.3) is 6.08 Å². The molecule has 104 valence electrons. The molecule has 0 saturated heterocycles. The van der Waals surface area contributed by atoms with Crippen LogP contribution >= 0.6 is 0 Å². The molecule has 3 heteroatoms. The van der Waals surface area contributed by atoms with Gasteiger partial charge in [-0.3, -0.25) is 9.59 Å². The second-order valence-corrected chi connectivity index (χ2v) is 5.22. The van der Waals surface area contributed by atoms with Gasteiger partial charge in [-0.25, -0.2) is 0 Å². The molecule has 0 amide bonds. The van der Waals surface area contributed by atoms with Gasteiger partial charge in [0, 0.05) is 25.3 Å². The monoisotopic (exact) mass is 277 g/mol. The SMILES string of the molecule is CN(C)c1cccc2c1C(=O)C(=Cc1ccccc1)C2=O. The highest BCUT2D eigenvalue weighted by Crippen LogP contribution is 2.34. The zero-order chi connectivity index (χ0) is 15.0. The maximum absolute atomic E-state index is 12.6. The van der Waals surface area contributed by atoms with Crippen molar-refractivity contribution < 1.29 is 9.59 Å². The standard InChI is InChI=1S/C18H15NO2/c1-19(2)15-10-6-9-13-16(15)18(21)14(17(13)20)11-12-7-4-3-5-8-12/h3-11H,1-2H3. The lowest BCUT2D eigenvalue weighted by atomic mass is 10.1. The summed E-state index contributed by atoms with van der Waals surface area (Å²) < 4.78 is 0. The smallest absolute Gasteiger partial charge is 0.199 e. The normalized spacial score (nSPS) is 15.4. The number of hydrogen-bond donors (Lipinski definition) is 0. The van der Waals surface area contributed by atoms with E-state index in [1.54, 1.807) is 12.1 Å². The predicted octanol–water partition coefficient (Wildman–Crippen LogP) is 3.22. The number of ketones is 2. The van der Waals surface area contributed by atoms with E-state index in [-0.39, 0.29) is 17.1 Å². The molecule has 2 aromatic rings. The Kier molecular flexibility index (Phi) is 3.18. The highest BCUT2D eigenvalue weighted by molar-refractivity contribution is 6.42. The van der Waals surface area contributed by atoms with E-state index in [1.807, 2.05) is 61.5 Å². The number of fused-ring (bicyclic) bond motifs is 1. The van der Waals surface area contributed by atoms with Gasteiger partial charge >= 0.3 is 0 Å². The van der Waals surface area contributed by atoms with E-state index in [1.165, 1.54) is 0 Å². The van der Waals surface area contributed by atoms with Crippen molar-refractivity contribution >= 4 is 23.3 Å². The molecule has 21 heavy (non-hydrogen) atoms. The molecule has 0 spiro atoms. The summed E-state index contributed by atoms with van der Waals surface area (Å²) in [6, 6.07) is 14.8. The average molecular weight is 277 g/mol. The zero-order valence-electron chi connectivity index (χ0n) is 12.0. The van der Waals surface area contributed by atoms with Gasteiger partial charge in [-0.05, 0) is 17.7 Å². The van der Waals surface area contributed by atoms with Gasteiger partial charge in [-0.2, -0.15) is 0 Å². The highest BCUT2D eigenvalue weighted by Gasteiger charge is 2.35. The Morgan fingerprint density at radius 3 is 2.24 bits per heavy atom. The molecule has 0 atom stereocenters. The van der Waals surface area contributed by atoms with Crippen molar-refractivity contribution in [3.8, 4) is 0 Å². The van der Waals surface area contributed by atoms with Gasteiger partial charge in [0.25, 0.3) is 0 Å². The topological polar surface area (TPSA) is 37.4 Å². The summed E-state index contributed by atoms with van der Waals surface area (Å²) in [7, 11) is 3.73. The van der Waals surface area contributed by atoms with Crippen LogP contribution in [0.4, 0.5) is 5.69 Å². The van der Waals surface area contributed by atoms with E-state index in [0.29, 0.717) is 11.1 Å². The van der Waals surface area contributed by atoms with Crippen molar-refractivity contribution in [3.63, 3.8) is 0 Å². The Hall–Kier alpha value is -2.68. The first-order valence-corrected chi connectivity index (χ1v) is 6.76. The molecule has 0 fully saturated rings. The van der Waals surface area contributed by atoms with Gasteiger partial charge in [0.2, 0.25) is 0 Å².